The summed E-state index contributed by atoms with van der Waals surface area (Å²) in [6, 6.07) is 2.78. The monoisotopic (exact) mass is 330 g/mol. The first kappa shape index (κ1) is 15.3. The first-order valence-corrected chi connectivity index (χ1v) is 7.02. The molecule has 3 N–H and O–H groups in total. The van der Waals surface area contributed by atoms with E-state index in [1.54, 1.807) is 22.9 Å². The Balaban J connectivity index is 1.84. The van der Waals surface area contributed by atoms with Gasteiger partial charge in [-0.25, -0.2) is 4.68 Å². The van der Waals surface area contributed by atoms with Gasteiger partial charge in [0, 0.05) is 6.08 Å². The molecule has 124 valence electrons. The summed E-state index contributed by atoms with van der Waals surface area (Å²) in [5.74, 6) is 0.991. The van der Waals surface area contributed by atoms with Crippen molar-refractivity contribution in [3.05, 3.63) is 57.3 Å². The summed E-state index contributed by atoms with van der Waals surface area (Å²) in [5.41, 5.74) is 10.00. The van der Waals surface area contributed by atoms with Gasteiger partial charge in [-0.1, -0.05) is 0 Å². The van der Waals surface area contributed by atoms with Gasteiger partial charge < -0.3 is 14.9 Å². The molecule has 0 saturated carbocycles. The number of nitrogens with zero attached hydrogens (tertiary/aromatic N) is 4. The van der Waals surface area contributed by atoms with E-state index in [0.717, 1.165) is 0 Å². The average Bonchev–Trinajstić information content (AvgIpc) is 3.17. The normalized spacial score (nSPS) is 15.2. The van der Waals surface area contributed by atoms with Gasteiger partial charge in [-0.2, -0.15) is 0 Å². The molecular formula is C14H14N6O4. The van der Waals surface area contributed by atoms with Gasteiger partial charge in [0.25, 0.3) is 0 Å². The molecule has 0 saturated heterocycles. The van der Waals surface area contributed by atoms with Crippen molar-refractivity contribution in [3.63, 3.8) is 0 Å². The van der Waals surface area contributed by atoms with Crippen LogP contribution in [-0.2, 0) is 4.74 Å². The Morgan fingerprint density at radius 2 is 2.29 bits per heavy atom. The molecule has 0 aliphatic carbocycles. The minimum atomic E-state index is -0.601. The fourth-order valence-corrected chi connectivity index (χ4v) is 1.97. The van der Waals surface area contributed by atoms with Crippen LogP contribution in [0.2, 0.25) is 0 Å². The maximum atomic E-state index is 10.6. The van der Waals surface area contributed by atoms with Crippen molar-refractivity contribution in [2.75, 3.05) is 12.0 Å². The Morgan fingerprint density at radius 3 is 3.00 bits per heavy atom. The summed E-state index contributed by atoms with van der Waals surface area (Å²) in [6.07, 6.45) is 6.33. The lowest BCUT2D eigenvalue weighted by atomic mass is 10.3. The van der Waals surface area contributed by atoms with Crippen molar-refractivity contribution in [2.45, 2.75) is 6.92 Å². The molecule has 10 heteroatoms. The Bertz CT molecular complexity index is 860. The van der Waals surface area contributed by atoms with Crippen LogP contribution in [0.15, 0.2) is 34.2 Å². The maximum Gasteiger partial charge on any atom is 0.433 e. The molecule has 10 nitrogen and oxygen atoms in total. The molecule has 0 atom stereocenters. The van der Waals surface area contributed by atoms with E-state index in [0.29, 0.717) is 35.4 Å². The van der Waals surface area contributed by atoms with Crippen LogP contribution in [0.4, 0.5) is 5.88 Å². The lowest BCUT2D eigenvalue weighted by Gasteiger charge is -2.18. The van der Waals surface area contributed by atoms with Crippen LogP contribution in [-0.4, -0.2) is 26.4 Å². The van der Waals surface area contributed by atoms with Crippen molar-refractivity contribution < 1.29 is 14.1 Å². The highest BCUT2D eigenvalue weighted by atomic mass is 16.6. The molecule has 0 bridgehead atoms. The zero-order valence-corrected chi connectivity index (χ0v) is 12.7. The third-order valence-electron chi connectivity index (χ3n) is 3.10. The summed E-state index contributed by atoms with van der Waals surface area (Å²) in [5, 5.41) is 18.6. The fourth-order valence-electron chi connectivity index (χ4n) is 1.97. The van der Waals surface area contributed by atoms with Crippen molar-refractivity contribution in [2.24, 2.45) is 5.73 Å². The summed E-state index contributed by atoms with van der Waals surface area (Å²) in [6.45, 7) is 2.37. The Hall–Kier alpha value is -3.56. The minimum Gasteiger partial charge on any atom is -0.499 e. The third kappa shape index (κ3) is 2.97. The second-order valence-corrected chi connectivity index (χ2v) is 4.72. The number of fused-ring (bicyclic) bond motifs is 1. The molecule has 2 aromatic rings. The highest BCUT2D eigenvalue weighted by molar-refractivity contribution is 5.66. The molecule has 1 aliphatic heterocycles. The lowest BCUT2D eigenvalue weighted by molar-refractivity contribution is -0.402. The van der Waals surface area contributed by atoms with Crippen LogP contribution in [0.5, 0.6) is 0 Å². The summed E-state index contributed by atoms with van der Waals surface area (Å²) in [7, 11) is 0. The van der Waals surface area contributed by atoms with Crippen LogP contribution < -0.4 is 11.2 Å². The highest BCUT2D eigenvalue weighted by Crippen LogP contribution is 2.19. The lowest BCUT2D eigenvalue weighted by Crippen LogP contribution is -2.25. The van der Waals surface area contributed by atoms with E-state index in [9.17, 15) is 10.1 Å². The summed E-state index contributed by atoms with van der Waals surface area (Å²) >= 11 is 0. The van der Waals surface area contributed by atoms with E-state index < -0.39 is 4.92 Å². The van der Waals surface area contributed by atoms with Gasteiger partial charge in [0.1, 0.15) is 22.6 Å². The first-order chi connectivity index (χ1) is 11.6. The van der Waals surface area contributed by atoms with Gasteiger partial charge in [0.15, 0.2) is 11.6 Å². The van der Waals surface area contributed by atoms with Crippen LogP contribution in [0.1, 0.15) is 24.3 Å². The molecule has 0 radical (unpaired) electrons. The van der Waals surface area contributed by atoms with Gasteiger partial charge in [-0.3, -0.25) is 15.5 Å². The van der Waals surface area contributed by atoms with E-state index in [4.69, 9.17) is 14.9 Å². The van der Waals surface area contributed by atoms with E-state index in [1.165, 1.54) is 18.4 Å². The van der Waals surface area contributed by atoms with E-state index in [2.05, 4.69) is 15.6 Å². The molecule has 2 aromatic heterocycles. The van der Waals surface area contributed by atoms with Crippen molar-refractivity contribution in [1.82, 2.24) is 14.9 Å². The van der Waals surface area contributed by atoms with Gasteiger partial charge in [0.05, 0.1) is 18.4 Å². The molecule has 24 heavy (non-hydrogen) atoms. The molecule has 0 unspecified atom stereocenters. The molecule has 3 rings (SSSR count). The van der Waals surface area contributed by atoms with Crippen LogP contribution >= 0.6 is 0 Å². The van der Waals surface area contributed by atoms with E-state index >= 15 is 0 Å². The number of aromatic nitrogens is 3. The van der Waals surface area contributed by atoms with Gasteiger partial charge in [-0.05, 0) is 25.1 Å². The highest BCUT2D eigenvalue weighted by Gasteiger charge is 2.17. The molecular weight excluding hydrogens is 316 g/mol. The second-order valence-electron chi connectivity index (χ2n) is 4.72. The molecule has 0 spiro atoms. The molecule has 0 fully saturated rings. The smallest absolute Gasteiger partial charge is 0.433 e. The summed E-state index contributed by atoms with van der Waals surface area (Å²) < 4.78 is 11.9. The van der Waals surface area contributed by atoms with Crippen LogP contribution in [0.25, 0.3) is 18.2 Å². The topological polar surface area (TPSA) is 134 Å². The fraction of sp³-hybridized carbons (Fsp3) is 0.143. The Labute approximate surface area is 136 Å². The van der Waals surface area contributed by atoms with Crippen LogP contribution in [0.3, 0.4) is 0 Å². The molecule has 0 aromatic carbocycles. The van der Waals surface area contributed by atoms with Gasteiger partial charge >= 0.3 is 5.88 Å². The standard InChI is InChI=1S/C14H14N6O4/c1-2-23-8-11-10(15)7-13-17-16-12(19(13)18-11)5-3-9-4-6-14(24-9)20(21)22/h3-8,18H,2,15H2,1H3. The van der Waals surface area contributed by atoms with E-state index in [-0.39, 0.29) is 5.88 Å². The zero-order chi connectivity index (χ0) is 17.1. The number of hydrogen-bond donors (Lipinski definition) is 2. The number of hydrogen-bond acceptors (Lipinski definition) is 8. The number of furan rings is 1. The molecule has 1 aliphatic rings. The second kappa shape index (κ2) is 6.28. The van der Waals surface area contributed by atoms with Gasteiger partial charge in [0.2, 0.25) is 0 Å². The molecule has 0 amide bonds. The number of ether oxygens (including phenoxy) is 1. The van der Waals surface area contributed by atoms with Crippen molar-refractivity contribution >= 4 is 24.1 Å². The predicted octanol–water partition coefficient (Wildman–Crippen LogP) is 1.68. The van der Waals surface area contributed by atoms with Crippen LogP contribution in [0, 0.1) is 10.1 Å². The summed E-state index contributed by atoms with van der Waals surface area (Å²) in [4.78, 5) is 10.0. The average molecular weight is 330 g/mol. The van der Waals surface area contributed by atoms with Crippen molar-refractivity contribution in [3.8, 4) is 0 Å². The zero-order valence-electron chi connectivity index (χ0n) is 12.7. The third-order valence-corrected chi connectivity index (χ3v) is 3.10. The predicted molar refractivity (Wildman–Crippen MR) is 85.5 cm³/mol. The first-order valence-electron chi connectivity index (χ1n) is 7.02. The largest absolute Gasteiger partial charge is 0.499 e. The quantitative estimate of drug-likeness (QED) is 0.480. The molecule has 3 heterocycles. The van der Waals surface area contributed by atoms with Gasteiger partial charge in [-0.15, -0.1) is 10.2 Å². The number of rotatable bonds is 5. The SMILES string of the molecule is CCOC=C1Nn2c(C=Cc3ccc([N+](=O)[O-])o3)nnc2C=C1N. The maximum absolute atomic E-state index is 10.6. The number of nitro groups is 1. The van der Waals surface area contributed by atoms with E-state index in [1.807, 2.05) is 6.92 Å². The number of nitrogens with one attached hydrogen (secondary N) is 1. The Morgan fingerprint density at radius 1 is 1.46 bits per heavy atom. The Kier molecular flexibility index (Phi) is 4.01. The number of nitrogens with two attached hydrogens (primary N) is 1. The minimum absolute atomic E-state index is 0.325. The van der Waals surface area contributed by atoms with Crippen molar-refractivity contribution in [1.29, 1.82) is 0 Å².